The zero-order valence-electron chi connectivity index (χ0n) is 12.6. The molecule has 1 heterocycles. The molecule has 1 aliphatic carbocycles. The van der Waals surface area contributed by atoms with Gasteiger partial charge in [-0.05, 0) is 25.8 Å². The third kappa shape index (κ3) is 4.07. The van der Waals surface area contributed by atoms with E-state index in [1.165, 1.54) is 50.8 Å². The quantitative estimate of drug-likeness (QED) is 0.789. The normalized spacial score (nSPS) is 19.3. The zero-order chi connectivity index (χ0) is 13.5. The van der Waals surface area contributed by atoms with Crippen molar-refractivity contribution in [2.75, 3.05) is 6.54 Å². The van der Waals surface area contributed by atoms with E-state index in [9.17, 15) is 0 Å². The van der Waals surface area contributed by atoms with Gasteiger partial charge in [0.25, 0.3) is 0 Å². The number of aromatic nitrogens is 2. The Bertz CT molecular complexity index is 351. The van der Waals surface area contributed by atoms with Crippen molar-refractivity contribution < 1.29 is 0 Å². The van der Waals surface area contributed by atoms with Gasteiger partial charge in [-0.15, -0.1) is 0 Å². The average molecular weight is 263 g/mol. The molecule has 0 amide bonds. The Hall–Kier alpha value is -0.830. The van der Waals surface area contributed by atoms with Crippen LogP contribution in [0.25, 0.3) is 0 Å². The Balaban J connectivity index is 2.02. The molecule has 108 valence electrons. The molecule has 0 aliphatic heterocycles. The Labute approximate surface area is 117 Å². The highest BCUT2D eigenvalue weighted by atomic mass is 15.1. The molecule has 1 atom stereocenters. The van der Waals surface area contributed by atoms with Crippen LogP contribution in [0.3, 0.4) is 0 Å². The fourth-order valence-corrected chi connectivity index (χ4v) is 3.36. The standard InChI is InChI=1S/C16H29N3/c1-3-17-15(16-18-11-12-19(16)4-2)13-14-9-7-5-6-8-10-14/h11-12,14-15,17H,3-10,13H2,1-2H3. The van der Waals surface area contributed by atoms with E-state index in [1.807, 2.05) is 6.20 Å². The van der Waals surface area contributed by atoms with Gasteiger partial charge >= 0.3 is 0 Å². The van der Waals surface area contributed by atoms with Gasteiger partial charge in [0.05, 0.1) is 6.04 Å². The second-order valence-corrected chi connectivity index (χ2v) is 5.78. The maximum Gasteiger partial charge on any atom is 0.125 e. The van der Waals surface area contributed by atoms with Gasteiger partial charge in [0.2, 0.25) is 0 Å². The fourth-order valence-electron chi connectivity index (χ4n) is 3.36. The van der Waals surface area contributed by atoms with Crippen LogP contribution in [0.1, 0.15) is 70.7 Å². The molecular formula is C16H29N3. The van der Waals surface area contributed by atoms with E-state index >= 15 is 0 Å². The van der Waals surface area contributed by atoms with E-state index in [2.05, 4.69) is 34.9 Å². The third-order valence-corrected chi connectivity index (χ3v) is 4.39. The number of hydrogen-bond acceptors (Lipinski definition) is 2. The van der Waals surface area contributed by atoms with Crippen molar-refractivity contribution >= 4 is 0 Å². The van der Waals surface area contributed by atoms with Crippen molar-refractivity contribution in [2.45, 2.75) is 71.4 Å². The molecule has 0 bridgehead atoms. The summed E-state index contributed by atoms with van der Waals surface area (Å²) in [7, 11) is 0. The van der Waals surface area contributed by atoms with Crippen molar-refractivity contribution in [2.24, 2.45) is 5.92 Å². The van der Waals surface area contributed by atoms with Gasteiger partial charge in [-0.3, -0.25) is 0 Å². The first-order chi connectivity index (χ1) is 9.35. The van der Waals surface area contributed by atoms with Crippen LogP contribution in [0.4, 0.5) is 0 Å². The smallest absolute Gasteiger partial charge is 0.125 e. The van der Waals surface area contributed by atoms with E-state index < -0.39 is 0 Å². The summed E-state index contributed by atoms with van der Waals surface area (Å²) >= 11 is 0. The lowest BCUT2D eigenvalue weighted by molar-refractivity contribution is 0.345. The average Bonchev–Trinajstić information content (AvgIpc) is 2.75. The van der Waals surface area contributed by atoms with Crippen LogP contribution in [0.5, 0.6) is 0 Å². The molecule has 1 aliphatic rings. The monoisotopic (exact) mass is 263 g/mol. The minimum atomic E-state index is 0.433. The van der Waals surface area contributed by atoms with Gasteiger partial charge in [-0.25, -0.2) is 4.98 Å². The third-order valence-electron chi connectivity index (χ3n) is 4.39. The van der Waals surface area contributed by atoms with Gasteiger partial charge in [0.15, 0.2) is 0 Å². The van der Waals surface area contributed by atoms with Gasteiger partial charge in [0.1, 0.15) is 5.82 Å². The van der Waals surface area contributed by atoms with Crippen molar-refractivity contribution in [1.82, 2.24) is 14.9 Å². The molecule has 0 radical (unpaired) electrons. The molecule has 1 N–H and O–H groups in total. The predicted octanol–water partition coefficient (Wildman–Crippen LogP) is 3.91. The first kappa shape index (κ1) is 14.6. The van der Waals surface area contributed by atoms with E-state index in [0.29, 0.717) is 6.04 Å². The summed E-state index contributed by atoms with van der Waals surface area (Å²) in [6, 6.07) is 0.433. The van der Waals surface area contributed by atoms with E-state index in [1.54, 1.807) is 0 Å². The maximum absolute atomic E-state index is 4.60. The molecular weight excluding hydrogens is 234 g/mol. The number of hydrogen-bond donors (Lipinski definition) is 1. The van der Waals surface area contributed by atoms with Crippen molar-refractivity contribution in [3.63, 3.8) is 0 Å². The first-order valence-corrected chi connectivity index (χ1v) is 8.09. The second-order valence-electron chi connectivity index (χ2n) is 5.78. The number of rotatable bonds is 6. The van der Waals surface area contributed by atoms with Crippen LogP contribution < -0.4 is 5.32 Å². The predicted molar refractivity (Wildman–Crippen MR) is 80.1 cm³/mol. The fraction of sp³-hybridized carbons (Fsp3) is 0.812. The Morgan fingerprint density at radius 3 is 2.63 bits per heavy atom. The summed E-state index contributed by atoms with van der Waals surface area (Å²) in [6.07, 6.45) is 13.8. The molecule has 3 nitrogen and oxygen atoms in total. The SMILES string of the molecule is CCNC(CC1CCCCCC1)c1nccn1CC. The topological polar surface area (TPSA) is 29.9 Å². The van der Waals surface area contributed by atoms with Gasteiger partial charge in [-0.1, -0.05) is 45.4 Å². The number of nitrogens with one attached hydrogen (secondary N) is 1. The lowest BCUT2D eigenvalue weighted by Gasteiger charge is -2.23. The largest absolute Gasteiger partial charge is 0.334 e. The summed E-state index contributed by atoms with van der Waals surface area (Å²) in [4.78, 5) is 4.60. The minimum absolute atomic E-state index is 0.433. The van der Waals surface area contributed by atoms with Crippen LogP contribution in [-0.4, -0.2) is 16.1 Å². The van der Waals surface area contributed by atoms with E-state index in [0.717, 1.165) is 19.0 Å². The first-order valence-electron chi connectivity index (χ1n) is 8.09. The summed E-state index contributed by atoms with van der Waals surface area (Å²) in [5.41, 5.74) is 0. The lowest BCUT2D eigenvalue weighted by Crippen LogP contribution is -2.26. The summed E-state index contributed by atoms with van der Waals surface area (Å²) < 4.78 is 2.28. The molecule has 1 aromatic heterocycles. The molecule has 1 fully saturated rings. The van der Waals surface area contributed by atoms with Crippen LogP contribution in [0.15, 0.2) is 12.4 Å². The second kappa shape index (κ2) is 7.68. The Kier molecular flexibility index (Phi) is 5.90. The van der Waals surface area contributed by atoms with Crippen molar-refractivity contribution in [3.8, 4) is 0 Å². The van der Waals surface area contributed by atoms with E-state index in [4.69, 9.17) is 0 Å². The molecule has 0 aromatic carbocycles. The summed E-state index contributed by atoms with van der Waals surface area (Å²) in [5, 5.41) is 3.64. The Morgan fingerprint density at radius 2 is 2.00 bits per heavy atom. The van der Waals surface area contributed by atoms with Crippen LogP contribution in [-0.2, 0) is 6.54 Å². The molecule has 1 saturated carbocycles. The summed E-state index contributed by atoms with van der Waals surface area (Å²) in [6.45, 7) is 6.43. The Morgan fingerprint density at radius 1 is 1.26 bits per heavy atom. The summed E-state index contributed by atoms with van der Waals surface area (Å²) in [5.74, 6) is 2.11. The molecule has 3 heteroatoms. The maximum atomic E-state index is 4.60. The highest BCUT2D eigenvalue weighted by molar-refractivity contribution is 5.00. The highest BCUT2D eigenvalue weighted by Gasteiger charge is 2.21. The van der Waals surface area contributed by atoms with Crippen LogP contribution >= 0.6 is 0 Å². The highest BCUT2D eigenvalue weighted by Crippen LogP contribution is 2.30. The minimum Gasteiger partial charge on any atom is -0.334 e. The number of aryl methyl sites for hydroxylation is 1. The molecule has 1 aromatic rings. The lowest BCUT2D eigenvalue weighted by atomic mass is 9.92. The van der Waals surface area contributed by atoms with Gasteiger partial charge in [-0.2, -0.15) is 0 Å². The van der Waals surface area contributed by atoms with E-state index in [-0.39, 0.29) is 0 Å². The van der Waals surface area contributed by atoms with Crippen molar-refractivity contribution in [3.05, 3.63) is 18.2 Å². The number of imidazole rings is 1. The molecule has 1 unspecified atom stereocenters. The molecule has 2 rings (SSSR count). The molecule has 0 spiro atoms. The zero-order valence-corrected chi connectivity index (χ0v) is 12.6. The van der Waals surface area contributed by atoms with Crippen LogP contribution in [0.2, 0.25) is 0 Å². The number of nitrogens with zero attached hydrogens (tertiary/aromatic N) is 2. The van der Waals surface area contributed by atoms with Gasteiger partial charge in [0, 0.05) is 18.9 Å². The van der Waals surface area contributed by atoms with Crippen molar-refractivity contribution in [1.29, 1.82) is 0 Å². The van der Waals surface area contributed by atoms with Gasteiger partial charge < -0.3 is 9.88 Å². The molecule has 0 saturated heterocycles. The molecule has 19 heavy (non-hydrogen) atoms. The van der Waals surface area contributed by atoms with Crippen LogP contribution in [0, 0.1) is 5.92 Å².